The average molecular weight is 223 g/mol. The number of carbonyl (C=O) groups excluding carboxylic acids is 1. The summed E-state index contributed by atoms with van der Waals surface area (Å²) in [5, 5.41) is 0.365. The molecule has 1 aromatic heterocycles. The van der Waals surface area contributed by atoms with Gasteiger partial charge in [0.1, 0.15) is 11.6 Å². The highest BCUT2D eigenvalue weighted by molar-refractivity contribution is 7.15. The Labute approximate surface area is 89.2 Å². The number of thiazole rings is 1. The summed E-state index contributed by atoms with van der Waals surface area (Å²) in [6, 6.07) is 5.59. The monoisotopic (exact) mass is 223 g/mol. The Morgan fingerprint density at radius 3 is 2.67 bits per heavy atom. The number of carbonyl (C=O) groups is 1. The minimum absolute atomic E-state index is 0.324. The molecule has 0 N–H and O–H groups in total. The zero-order valence-electron chi connectivity index (χ0n) is 7.51. The van der Waals surface area contributed by atoms with Crippen LogP contribution in [-0.2, 0) is 0 Å². The molecule has 0 fully saturated rings. The molecule has 1 aromatic carbocycles. The number of aldehydes is 1. The van der Waals surface area contributed by atoms with E-state index in [4.69, 9.17) is 4.74 Å². The maximum absolute atomic E-state index is 12.6. The molecule has 15 heavy (non-hydrogen) atoms. The van der Waals surface area contributed by atoms with Crippen molar-refractivity contribution in [2.24, 2.45) is 0 Å². The van der Waals surface area contributed by atoms with Crippen LogP contribution in [0.2, 0.25) is 0 Å². The number of benzene rings is 1. The second-order valence-corrected chi connectivity index (χ2v) is 3.73. The highest BCUT2D eigenvalue weighted by Gasteiger charge is 2.03. The number of ether oxygens (including phenoxy) is 1. The second kappa shape index (κ2) is 4.18. The number of nitrogens with zero attached hydrogens (tertiary/aromatic N) is 1. The van der Waals surface area contributed by atoms with Gasteiger partial charge < -0.3 is 4.74 Å². The molecular weight excluding hydrogens is 217 g/mol. The number of aromatic nitrogens is 1. The lowest BCUT2D eigenvalue weighted by atomic mass is 10.3. The molecular formula is C10H6FNO2S. The Kier molecular flexibility index (Phi) is 2.73. The van der Waals surface area contributed by atoms with Crippen molar-refractivity contribution in [2.75, 3.05) is 0 Å². The predicted octanol–water partition coefficient (Wildman–Crippen LogP) is 2.89. The highest BCUT2D eigenvalue weighted by atomic mass is 32.1. The van der Waals surface area contributed by atoms with Crippen molar-refractivity contribution >= 4 is 17.6 Å². The molecule has 0 saturated carbocycles. The number of hydrogen-bond donors (Lipinski definition) is 0. The molecule has 76 valence electrons. The average Bonchev–Trinajstić information content (AvgIpc) is 2.69. The summed E-state index contributed by atoms with van der Waals surface area (Å²) in [7, 11) is 0. The third-order valence-corrected chi connectivity index (χ3v) is 2.44. The van der Waals surface area contributed by atoms with E-state index in [2.05, 4.69) is 4.98 Å². The van der Waals surface area contributed by atoms with Gasteiger partial charge >= 0.3 is 0 Å². The summed E-state index contributed by atoms with van der Waals surface area (Å²) in [5.41, 5.74) is 0. The van der Waals surface area contributed by atoms with E-state index in [0.29, 0.717) is 22.1 Å². The second-order valence-electron chi connectivity index (χ2n) is 2.70. The van der Waals surface area contributed by atoms with Crippen molar-refractivity contribution in [3.63, 3.8) is 0 Å². The molecule has 0 unspecified atom stereocenters. The minimum Gasteiger partial charge on any atom is -0.431 e. The van der Waals surface area contributed by atoms with Gasteiger partial charge in [-0.2, -0.15) is 0 Å². The summed E-state index contributed by atoms with van der Waals surface area (Å²) < 4.78 is 17.9. The third kappa shape index (κ3) is 2.38. The van der Waals surface area contributed by atoms with Gasteiger partial charge in [-0.05, 0) is 24.3 Å². The molecule has 1 heterocycles. The third-order valence-electron chi connectivity index (χ3n) is 1.64. The first kappa shape index (κ1) is 9.79. The molecule has 3 nitrogen and oxygen atoms in total. The highest BCUT2D eigenvalue weighted by Crippen LogP contribution is 2.25. The summed E-state index contributed by atoms with van der Waals surface area (Å²) in [4.78, 5) is 14.8. The van der Waals surface area contributed by atoms with Gasteiger partial charge in [0.15, 0.2) is 6.29 Å². The smallest absolute Gasteiger partial charge is 0.279 e. The fourth-order valence-electron chi connectivity index (χ4n) is 0.975. The van der Waals surface area contributed by atoms with E-state index in [1.807, 2.05) is 0 Å². The number of halogens is 1. The van der Waals surface area contributed by atoms with E-state index in [0.717, 1.165) is 11.3 Å². The first-order valence-corrected chi connectivity index (χ1v) is 4.94. The van der Waals surface area contributed by atoms with Gasteiger partial charge in [0.25, 0.3) is 5.19 Å². The molecule has 0 amide bonds. The quantitative estimate of drug-likeness (QED) is 0.751. The molecule has 5 heteroatoms. The van der Waals surface area contributed by atoms with Crippen molar-refractivity contribution in [2.45, 2.75) is 0 Å². The van der Waals surface area contributed by atoms with Crippen LogP contribution in [0.5, 0.6) is 10.9 Å². The summed E-state index contributed by atoms with van der Waals surface area (Å²) >= 11 is 1.14. The lowest BCUT2D eigenvalue weighted by molar-refractivity contribution is 0.112. The fraction of sp³-hybridized carbons (Fsp3) is 0. The van der Waals surface area contributed by atoms with Crippen molar-refractivity contribution in [1.29, 1.82) is 0 Å². The largest absolute Gasteiger partial charge is 0.431 e. The maximum atomic E-state index is 12.6. The number of hydrogen-bond acceptors (Lipinski definition) is 4. The van der Waals surface area contributed by atoms with Gasteiger partial charge in [0, 0.05) is 0 Å². The molecule has 0 aliphatic rings. The van der Waals surface area contributed by atoms with Gasteiger partial charge in [-0.15, -0.1) is 0 Å². The molecule has 0 atom stereocenters. The van der Waals surface area contributed by atoms with E-state index < -0.39 is 0 Å². The van der Waals surface area contributed by atoms with Gasteiger partial charge in [0.2, 0.25) is 0 Å². The Bertz CT molecular complexity index is 467. The van der Waals surface area contributed by atoms with Gasteiger partial charge in [-0.25, -0.2) is 9.37 Å². The van der Waals surface area contributed by atoms with Gasteiger partial charge in [0.05, 0.1) is 11.1 Å². The first-order valence-electron chi connectivity index (χ1n) is 4.12. The van der Waals surface area contributed by atoms with Crippen LogP contribution in [0.25, 0.3) is 0 Å². The van der Waals surface area contributed by atoms with Crippen LogP contribution in [0.3, 0.4) is 0 Å². The van der Waals surface area contributed by atoms with Crippen LogP contribution in [0.4, 0.5) is 4.39 Å². The Hall–Kier alpha value is -1.75. The Morgan fingerprint density at radius 1 is 1.33 bits per heavy atom. The number of rotatable bonds is 3. The molecule has 0 aliphatic carbocycles. The van der Waals surface area contributed by atoms with Crippen LogP contribution in [0.1, 0.15) is 9.67 Å². The molecule has 0 saturated heterocycles. The van der Waals surface area contributed by atoms with E-state index in [9.17, 15) is 9.18 Å². The normalized spacial score (nSPS) is 9.93. The maximum Gasteiger partial charge on any atom is 0.279 e. The van der Waals surface area contributed by atoms with Crippen LogP contribution < -0.4 is 4.74 Å². The zero-order chi connectivity index (χ0) is 10.7. The molecule has 0 radical (unpaired) electrons. The van der Waals surface area contributed by atoms with Crippen LogP contribution in [0, 0.1) is 5.82 Å². The Morgan fingerprint density at radius 2 is 2.07 bits per heavy atom. The van der Waals surface area contributed by atoms with Gasteiger partial charge in [-0.1, -0.05) is 11.3 Å². The van der Waals surface area contributed by atoms with E-state index in [1.54, 1.807) is 0 Å². The summed E-state index contributed by atoms with van der Waals surface area (Å²) in [6.07, 6.45) is 2.13. The van der Waals surface area contributed by atoms with Crippen molar-refractivity contribution in [3.8, 4) is 10.9 Å². The van der Waals surface area contributed by atoms with Crippen molar-refractivity contribution in [3.05, 3.63) is 41.2 Å². The van der Waals surface area contributed by atoms with E-state index in [1.165, 1.54) is 30.5 Å². The zero-order valence-corrected chi connectivity index (χ0v) is 8.33. The lowest BCUT2D eigenvalue weighted by Gasteiger charge is -1.99. The summed E-state index contributed by atoms with van der Waals surface area (Å²) in [5.74, 6) is 0.165. The molecule has 0 aliphatic heterocycles. The fourth-order valence-corrected chi connectivity index (χ4v) is 1.57. The van der Waals surface area contributed by atoms with E-state index in [-0.39, 0.29) is 5.82 Å². The summed E-state index contributed by atoms with van der Waals surface area (Å²) in [6.45, 7) is 0. The van der Waals surface area contributed by atoms with Crippen LogP contribution >= 0.6 is 11.3 Å². The van der Waals surface area contributed by atoms with Gasteiger partial charge in [-0.3, -0.25) is 4.79 Å². The van der Waals surface area contributed by atoms with E-state index >= 15 is 0 Å². The van der Waals surface area contributed by atoms with Crippen molar-refractivity contribution < 1.29 is 13.9 Å². The standard InChI is InChI=1S/C10H6FNO2S/c11-7-1-3-8(4-2-7)14-10-12-5-9(6-13)15-10/h1-6H. The van der Waals surface area contributed by atoms with Crippen molar-refractivity contribution in [1.82, 2.24) is 4.98 Å². The SMILES string of the molecule is O=Cc1cnc(Oc2ccc(F)cc2)s1. The molecule has 2 rings (SSSR count). The van der Waals surface area contributed by atoms with Crippen LogP contribution in [0.15, 0.2) is 30.5 Å². The Balaban J connectivity index is 2.14. The molecule has 0 spiro atoms. The molecule has 2 aromatic rings. The van der Waals surface area contributed by atoms with Crippen LogP contribution in [-0.4, -0.2) is 11.3 Å². The topological polar surface area (TPSA) is 39.2 Å². The lowest BCUT2D eigenvalue weighted by Crippen LogP contribution is -1.82. The minimum atomic E-state index is -0.324. The first-order chi connectivity index (χ1) is 7.28. The molecule has 0 bridgehead atoms. The predicted molar refractivity (Wildman–Crippen MR) is 54.0 cm³/mol.